The first kappa shape index (κ1) is 13.0. The number of pyridine rings is 1. The van der Waals surface area contributed by atoms with Crippen molar-refractivity contribution < 1.29 is 9.84 Å². The molecule has 0 bridgehead atoms. The van der Waals surface area contributed by atoms with Crippen molar-refractivity contribution >= 4 is 0 Å². The van der Waals surface area contributed by atoms with E-state index in [2.05, 4.69) is 22.0 Å². The summed E-state index contributed by atoms with van der Waals surface area (Å²) in [5.41, 5.74) is 1.04. The van der Waals surface area contributed by atoms with Gasteiger partial charge in [-0.05, 0) is 43.4 Å². The monoisotopic (exact) mass is 262 g/mol. The number of piperidine rings is 1. The molecule has 104 valence electrons. The molecule has 0 radical (unpaired) electrons. The molecule has 0 aromatic carbocycles. The van der Waals surface area contributed by atoms with Crippen LogP contribution in [0.15, 0.2) is 24.5 Å². The quantitative estimate of drug-likeness (QED) is 0.879. The number of nitrogens with zero attached hydrogens (tertiary/aromatic N) is 2. The molecule has 3 rings (SSSR count). The number of hydrogen-bond acceptors (Lipinski definition) is 4. The van der Waals surface area contributed by atoms with Crippen molar-refractivity contribution in [2.45, 2.75) is 43.9 Å². The summed E-state index contributed by atoms with van der Waals surface area (Å²) in [6.45, 7) is 3.77. The largest absolute Gasteiger partial charge is 0.390 e. The number of aliphatic hydroxyl groups is 1. The van der Waals surface area contributed by atoms with E-state index >= 15 is 0 Å². The van der Waals surface area contributed by atoms with Gasteiger partial charge < -0.3 is 9.84 Å². The van der Waals surface area contributed by atoms with Gasteiger partial charge in [0, 0.05) is 38.6 Å². The molecular weight excluding hydrogens is 240 g/mol. The van der Waals surface area contributed by atoms with Crippen molar-refractivity contribution in [3.8, 4) is 0 Å². The van der Waals surface area contributed by atoms with E-state index in [0.717, 1.165) is 51.9 Å². The third-order valence-corrected chi connectivity index (χ3v) is 4.48. The highest BCUT2D eigenvalue weighted by atomic mass is 16.5. The summed E-state index contributed by atoms with van der Waals surface area (Å²) in [5.74, 6) is 0. The lowest BCUT2D eigenvalue weighted by Gasteiger charge is -2.46. The lowest BCUT2D eigenvalue weighted by Crippen LogP contribution is -2.55. The average molecular weight is 262 g/mol. The second-order valence-corrected chi connectivity index (χ2v) is 5.70. The Kier molecular flexibility index (Phi) is 3.82. The number of aliphatic hydroxyl groups excluding tert-OH is 1. The molecule has 1 N–H and O–H groups in total. The standard InChI is InChI=1S/C15H22N2O2/c18-14-2-1-11-19-15(14)5-9-17(10-6-15)12-13-3-7-16-8-4-13/h3-4,7-8,14,18H,1-2,5-6,9-12H2/t14-/m1/s1. The maximum atomic E-state index is 10.2. The van der Waals surface area contributed by atoms with E-state index < -0.39 is 0 Å². The van der Waals surface area contributed by atoms with Crippen LogP contribution in [0, 0.1) is 0 Å². The fourth-order valence-electron chi connectivity index (χ4n) is 3.22. The van der Waals surface area contributed by atoms with Crippen LogP contribution >= 0.6 is 0 Å². The third kappa shape index (κ3) is 2.81. The van der Waals surface area contributed by atoms with Gasteiger partial charge in [0.25, 0.3) is 0 Å². The summed E-state index contributed by atoms with van der Waals surface area (Å²) < 4.78 is 5.93. The van der Waals surface area contributed by atoms with E-state index in [1.807, 2.05) is 12.4 Å². The number of rotatable bonds is 2. The van der Waals surface area contributed by atoms with Crippen LogP contribution in [0.1, 0.15) is 31.2 Å². The highest BCUT2D eigenvalue weighted by Crippen LogP contribution is 2.35. The van der Waals surface area contributed by atoms with E-state index in [9.17, 15) is 5.11 Å². The summed E-state index contributed by atoms with van der Waals surface area (Å²) in [6, 6.07) is 4.13. The minimum absolute atomic E-state index is 0.257. The molecule has 3 heterocycles. The zero-order chi connectivity index (χ0) is 13.1. The fraction of sp³-hybridized carbons (Fsp3) is 0.667. The van der Waals surface area contributed by atoms with E-state index in [0.29, 0.717) is 0 Å². The van der Waals surface area contributed by atoms with Gasteiger partial charge in [0.05, 0.1) is 11.7 Å². The average Bonchev–Trinajstić information content (AvgIpc) is 2.46. The van der Waals surface area contributed by atoms with E-state index in [4.69, 9.17) is 4.74 Å². The van der Waals surface area contributed by atoms with Gasteiger partial charge in [0.2, 0.25) is 0 Å². The van der Waals surface area contributed by atoms with Crippen LogP contribution in [0.2, 0.25) is 0 Å². The normalized spacial score (nSPS) is 27.5. The first-order valence-electron chi connectivity index (χ1n) is 7.22. The maximum absolute atomic E-state index is 10.2. The summed E-state index contributed by atoms with van der Waals surface area (Å²) in [4.78, 5) is 6.48. The van der Waals surface area contributed by atoms with Gasteiger partial charge >= 0.3 is 0 Å². The molecule has 1 spiro atoms. The van der Waals surface area contributed by atoms with Crippen molar-refractivity contribution in [1.82, 2.24) is 9.88 Å². The zero-order valence-corrected chi connectivity index (χ0v) is 11.3. The van der Waals surface area contributed by atoms with Crippen molar-refractivity contribution in [2.75, 3.05) is 19.7 Å². The molecule has 2 aliphatic heterocycles. The maximum Gasteiger partial charge on any atom is 0.0964 e. The van der Waals surface area contributed by atoms with Crippen LogP contribution in [0.3, 0.4) is 0 Å². The van der Waals surface area contributed by atoms with Crippen molar-refractivity contribution in [3.05, 3.63) is 30.1 Å². The Balaban J connectivity index is 1.57. The first-order valence-corrected chi connectivity index (χ1v) is 7.22. The second kappa shape index (κ2) is 5.57. The third-order valence-electron chi connectivity index (χ3n) is 4.48. The van der Waals surface area contributed by atoms with Crippen LogP contribution in [-0.4, -0.2) is 46.4 Å². The van der Waals surface area contributed by atoms with Gasteiger partial charge in [-0.25, -0.2) is 0 Å². The lowest BCUT2D eigenvalue weighted by molar-refractivity contribution is -0.177. The summed E-state index contributed by atoms with van der Waals surface area (Å²) in [5, 5.41) is 10.2. The molecule has 2 aliphatic rings. The fourth-order valence-corrected chi connectivity index (χ4v) is 3.22. The van der Waals surface area contributed by atoms with Crippen LogP contribution in [0.25, 0.3) is 0 Å². The predicted molar refractivity (Wildman–Crippen MR) is 72.7 cm³/mol. The van der Waals surface area contributed by atoms with Crippen LogP contribution in [0.4, 0.5) is 0 Å². The molecule has 0 amide bonds. The van der Waals surface area contributed by atoms with Gasteiger partial charge in [-0.1, -0.05) is 0 Å². The second-order valence-electron chi connectivity index (χ2n) is 5.70. The molecule has 0 aliphatic carbocycles. The first-order chi connectivity index (χ1) is 9.28. The number of likely N-dealkylation sites (tertiary alicyclic amines) is 1. The molecule has 1 atom stereocenters. The number of aromatic nitrogens is 1. The smallest absolute Gasteiger partial charge is 0.0964 e. The zero-order valence-electron chi connectivity index (χ0n) is 11.3. The van der Waals surface area contributed by atoms with Crippen molar-refractivity contribution in [3.63, 3.8) is 0 Å². The Morgan fingerprint density at radius 1 is 1.32 bits per heavy atom. The molecule has 2 fully saturated rings. The topological polar surface area (TPSA) is 45.6 Å². The molecule has 19 heavy (non-hydrogen) atoms. The minimum Gasteiger partial charge on any atom is -0.390 e. The molecule has 0 saturated carbocycles. The molecule has 1 aromatic rings. The van der Waals surface area contributed by atoms with E-state index in [1.54, 1.807) is 0 Å². The SMILES string of the molecule is O[C@@H]1CCCOC12CCN(Cc1ccncc1)CC2. The molecule has 2 saturated heterocycles. The van der Waals surface area contributed by atoms with Crippen LogP contribution < -0.4 is 0 Å². The Hall–Kier alpha value is -0.970. The van der Waals surface area contributed by atoms with Gasteiger partial charge in [0.1, 0.15) is 0 Å². The van der Waals surface area contributed by atoms with Crippen LogP contribution in [-0.2, 0) is 11.3 Å². The molecule has 4 nitrogen and oxygen atoms in total. The molecule has 0 unspecified atom stereocenters. The van der Waals surface area contributed by atoms with E-state index in [-0.39, 0.29) is 11.7 Å². The van der Waals surface area contributed by atoms with Gasteiger partial charge in [0.15, 0.2) is 0 Å². The predicted octanol–water partition coefficient (Wildman–Crippen LogP) is 1.59. The Bertz CT molecular complexity index is 402. The Morgan fingerprint density at radius 2 is 2.05 bits per heavy atom. The lowest BCUT2D eigenvalue weighted by atomic mass is 9.82. The molecule has 1 aromatic heterocycles. The van der Waals surface area contributed by atoms with Gasteiger partial charge in [-0.15, -0.1) is 0 Å². The minimum atomic E-state index is -0.274. The molecular formula is C15H22N2O2. The van der Waals surface area contributed by atoms with Gasteiger partial charge in [-0.3, -0.25) is 9.88 Å². The summed E-state index contributed by atoms with van der Waals surface area (Å²) in [7, 11) is 0. The number of ether oxygens (including phenoxy) is 1. The highest BCUT2D eigenvalue weighted by Gasteiger charge is 2.43. The highest BCUT2D eigenvalue weighted by molar-refractivity contribution is 5.10. The van der Waals surface area contributed by atoms with Crippen molar-refractivity contribution in [1.29, 1.82) is 0 Å². The van der Waals surface area contributed by atoms with E-state index in [1.165, 1.54) is 5.56 Å². The van der Waals surface area contributed by atoms with Crippen LogP contribution in [0.5, 0.6) is 0 Å². The summed E-state index contributed by atoms with van der Waals surface area (Å²) in [6.07, 6.45) is 7.18. The van der Waals surface area contributed by atoms with Gasteiger partial charge in [-0.2, -0.15) is 0 Å². The summed E-state index contributed by atoms with van der Waals surface area (Å²) >= 11 is 0. The number of hydrogen-bond donors (Lipinski definition) is 1. The van der Waals surface area contributed by atoms with Crippen molar-refractivity contribution in [2.24, 2.45) is 0 Å². The Morgan fingerprint density at radius 3 is 2.74 bits per heavy atom. The molecule has 4 heteroatoms. The Labute approximate surface area is 114 Å².